The quantitative estimate of drug-likeness (QED) is 0.806. The van der Waals surface area contributed by atoms with E-state index >= 15 is 0 Å². The fourth-order valence-corrected chi connectivity index (χ4v) is 1.66. The molecule has 1 atom stereocenters. The number of carbonyl (C=O) groups excluding carboxylic acids is 1. The third-order valence-electron chi connectivity index (χ3n) is 3.25. The topological polar surface area (TPSA) is 44.4 Å². The molecule has 1 aromatic rings. The highest BCUT2D eigenvalue weighted by Crippen LogP contribution is 2.19. The molecule has 1 unspecified atom stereocenters. The molecule has 0 fully saturated rings. The van der Waals surface area contributed by atoms with Crippen molar-refractivity contribution >= 4 is 11.6 Å². The number of anilines is 1. The van der Waals surface area contributed by atoms with Crippen molar-refractivity contribution in [1.29, 1.82) is 0 Å². The Kier molecular flexibility index (Phi) is 6.45. The molecule has 0 aliphatic carbocycles. The molecule has 0 bridgehead atoms. The van der Waals surface area contributed by atoms with Crippen LogP contribution in [0.2, 0.25) is 0 Å². The number of hydrogen-bond donors (Lipinski definition) is 2. The van der Waals surface area contributed by atoms with Gasteiger partial charge in [-0.1, -0.05) is 13.0 Å². The van der Waals surface area contributed by atoms with Crippen LogP contribution in [0.25, 0.3) is 0 Å². The highest BCUT2D eigenvalue weighted by atomic mass is 19.1. The summed E-state index contributed by atoms with van der Waals surface area (Å²) in [6.45, 7) is 5.17. The van der Waals surface area contributed by atoms with E-state index in [0.29, 0.717) is 18.7 Å². The van der Waals surface area contributed by atoms with E-state index in [1.807, 2.05) is 32.8 Å². The Morgan fingerprint density at radius 1 is 1.40 bits per heavy atom. The van der Waals surface area contributed by atoms with Crippen molar-refractivity contribution in [3.8, 4) is 0 Å². The third kappa shape index (κ3) is 4.49. The molecular formula is C15H24FN3O. The van der Waals surface area contributed by atoms with E-state index in [1.54, 1.807) is 12.1 Å². The van der Waals surface area contributed by atoms with Gasteiger partial charge in [0, 0.05) is 19.1 Å². The first kappa shape index (κ1) is 16.4. The molecule has 1 aromatic carbocycles. The Labute approximate surface area is 120 Å². The fraction of sp³-hybridized carbons (Fsp3) is 0.533. The molecule has 0 aromatic heterocycles. The van der Waals surface area contributed by atoms with Gasteiger partial charge in [-0.2, -0.15) is 0 Å². The van der Waals surface area contributed by atoms with Crippen LogP contribution in [0.15, 0.2) is 18.2 Å². The van der Waals surface area contributed by atoms with Crippen LogP contribution in [-0.4, -0.2) is 44.0 Å². The number of amides is 1. The van der Waals surface area contributed by atoms with Crippen molar-refractivity contribution in [3.05, 3.63) is 29.6 Å². The van der Waals surface area contributed by atoms with Gasteiger partial charge in [-0.15, -0.1) is 0 Å². The Morgan fingerprint density at radius 3 is 2.70 bits per heavy atom. The third-order valence-corrected chi connectivity index (χ3v) is 3.25. The second-order valence-corrected chi connectivity index (χ2v) is 5.11. The van der Waals surface area contributed by atoms with Crippen molar-refractivity contribution in [1.82, 2.24) is 10.2 Å². The number of carbonyl (C=O) groups is 1. The van der Waals surface area contributed by atoms with Crippen molar-refractivity contribution in [2.75, 3.05) is 32.5 Å². The average Bonchev–Trinajstić information content (AvgIpc) is 2.42. The number of rotatable bonds is 7. The summed E-state index contributed by atoms with van der Waals surface area (Å²) < 4.78 is 13.8. The summed E-state index contributed by atoms with van der Waals surface area (Å²) in [7, 11) is 3.90. The lowest BCUT2D eigenvalue weighted by Gasteiger charge is -2.20. The molecule has 5 heteroatoms. The van der Waals surface area contributed by atoms with E-state index in [9.17, 15) is 9.18 Å². The average molecular weight is 281 g/mol. The smallest absolute Gasteiger partial charge is 0.253 e. The van der Waals surface area contributed by atoms with Crippen LogP contribution >= 0.6 is 0 Å². The van der Waals surface area contributed by atoms with Gasteiger partial charge in [-0.25, -0.2) is 4.39 Å². The maximum Gasteiger partial charge on any atom is 0.253 e. The number of para-hydroxylation sites is 1. The van der Waals surface area contributed by atoms with Gasteiger partial charge in [0.1, 0.15) is 5.82 Å². The second-order valence-electron chi connectivity index (χ2n) is 5.11. The highest BCUT2D eigenvalue weighted by molar-refractivity contribution is 5.99. The normalized spacial score (nSPS) is 12.3. The first-order valence-corrected chi connectivity index (χ1v) is 6.94. The molecule has 4 nitrogen and oxygen atoms in total. The summed E-state index contributed by atoms with van der Waals surface area (Å²) in [5.41, 5.74) is 0.633. The van der Waals surface area contributed by atoms with Crippen molar-refractivity contribution in [3.63, 3.8) is 0 Å². The van der Waals surface area contributed by atoms with Gasteiger partial charge >= 0.3 is 0 Å². The van der Waals surface area contributed by atoms with E-state index in [4.69, 9.17) is 0 Å². The first-order valence-electron chi connectivity index (χ1n) is 6.94. The Hall–Kier alpha value is -1.62. The zero-order valence-corrected chi connectivity index (χ0v) is 12.7. The summed E-state index contributed by atoms with van der Waals surface area (Å²) in [6.07, 6.45) is 0.868. The minimum Gasteiger partial charge on any atom is -0.382 e. The van der Waals surface area contributed by atoms with Gasteiger partial charge in [-0.05, 0) is 39.6 Å². The summed E-state index contributed by atoms with van der Waals surface area (Å²) in [6, 6.07) is 4.77. The van der Waals surface area contributed by atoms with Gasteiger partial charge < -0.3 is 15.5 Å². The van der Waals surface area contributed by atoms with Crippen LogP contribution in [0.5, 0.6) is 0 Å². The van der Waals surface area contributed by atoms with Gasteiger partial charge in [0.2, 0.25) is 0 Å². The van der Waals surface area contributed by atoms with E-state index in [0.717, 1.165) is 6.42 Å². The van der Waals surface area contributed by atoms with Crippen molar-refractivity contribution < 1.29 is 9.18 Å². The summed E-state index contributed by atoms with van der Waals surface area (Å²) in [5.74, 6) is -0.649. The molecule has 1 amide bonds. The summed E-state index contributed by atoms with van der Waals surface area (Å²) in [5, 5.41) is 5.81. The van der Waals surface area contributed by atoms with Crippen LogP contribution < -0.4 is 10.6 Å². The van der Waals surface area contributed by atoms with Gasteiger partial charge in [0.25, 0.3) is 5.91 Å². The minimum absolute atomic E-state index is 0.222. The fourth-order valence-electron chi connectivity index (χ4n) is 1.66. The summed E-state index contributed by atoms with van der Waals surface area (Å²) >= 11 is 0. The van der Waals surface area contributed by atoms with Crippen molar-refractivity contribution in [2.24, 2.45) is 0 Å². The van der Waals surface area contributed by atoms with Crippen LogP contribution in [0.1, 0.15) is 30.6 Å². The molecule has 112 valence electrons. The molecule has 0 saturated heterocycles. The lowest BCUT2D eigenvalue weighted by Crippen LogP contribution is -2.38. The molecule has 20 heavy (non-hydrogen) atoms. The Bertz CT molecular complexity index is 449. The largest absolute Gasteiger partial charge is 0.382 e. The second kappa shape index (κ2) is 7.85. The molecule has 0 aliphatic heterocycles. The van der Waals surface area contributed by atoms with E-state index in [-0.39, 0.29) is 17.6 Å². The van der Waals surface area contributed by atoms with Gasteiger partial charge in [0.05, 0.1) is 11.3 Å². The van der Waals surface area contributed by atoms with Crippen LogP contribution in [0.4, 0.5) is 10.1 Å². The first-order chi connectivity index (χ1) is 9.47. The number of halogens is 1. The highest BCUT2D eigenvalue weighted by Gasteiger charge is 2.15. The molecule has 2 N–H and O–H groups in total. The molecule has 0 aliphatic rings. The van der Waals surface area contributed by atoms with Crippen LogP contribution in [0, 0.1) is 5.82 Å². The maximum absolute atomic E-state index is 13.8. The Morgan fingerprint density at radius 2 is 2.10 bits per heavy atom. The molecular weight excluding hydrogens is 257 g/mol. The maximum atomic E-state index is 13.8. The minimum atomic E-state index is -0.397. The van der Waals surface area contributed by atoms with Crippen LogP contribution in [-0.2, 0) is 0 Å². The van der Waals surface area contributed by atoms with Crippen molar-refractivity contribution in [2.45, 2.75) is 26.3 Å². The standard InChI is InChI=1S/C15H24FN3O/c1-5-9-17-14-12(7-6-8-13(14)16)15(20)18-10-11(2)19(3)4/h6-8,11,17H,5,9-10H2,1-4H3,(H,18,20). The number of nitrogens with one attached hydrogen (secondary N) is 2. The van der Waals surface area contributed by atoms with E-state index in [2.05, 4.69) is 10.6 Å². The molecule has 0 radical (unpaired) electrons. The SMILES string of the molecule is CCCNc1c(F)cccc1C(=O)NCC(C)N(C)C. The molecule has 0 heterocycles. The lowest BCUT2D eigenvalue weighted by atomic mass is 10.1. The van der Waals surface area contributed by atoms with Gasteiger partial charge in [0.15, 0.2) is 0 Å². The lowest BCUT2D eigenvalue weighted by molar-refractivity contribution is 0.0944. The zero-order valence-electron chi connectivity index (χ0n) is 12.7. The van der Waals surface area contributed by atoms with Gasteiger partial charge in [-0.3, -0.25) is 4.79 Å². The predicted molar refractivity (Wildman–Crippen MR) is 80.7 cm³/mol. The molecule has 0 saturated carbocycles. The number of nitrogens with zero attached hydrogens (tertiary/aromatic N) is 1. The number of benzene rings is 1. The van der Waals surface area contributed by atoms with E-state index in [1.165, 1.54) is 6.07 Å². The molecule has 1 rings (SSSR count). The monoisotopic (exact) mass is 281 g/mol. The van der Waals surface area contributed by atoms with Crippen LogP contribution in [0.3, 0.4) is 0 Å². The van der Waals surface area contributed by atoms with E-state index < -0.39 is 5.82 Å². The number of likely N-dealkylation sites (N-methyl/N-ethyl adjacent to an activating group) is 1. The Balaban J connectivity index is 2.79. The summed E-state index contributed by atoms with van der Waals surface area (Å²) in [4.78, 5) is 14.2. The molecule has 0 spiro atoms. The number of hydrogen-bond acceptors (Lipinski definition) is 3. The zero-order chi connectivity index (χ0) is 15.1. The predicted octanol–water partition coefficient (Wildman–Crippen LogP) is 2.33.